The molecule has 0 atom stereocenters. The molecular formula is C18H19N3O6. The number of nitrogens with zero attached hydrogens (tertiary/aromatic N) is 1. The molecule has 2 N–H and O–H groups in total. The average Bonchev–Trinajstić information content (AvgIpc) is 2.68. The normalized spacial score (nSPS) is 10.1. The third-order valence-corrected chi connectivity index (χ3v) is 3.66. The number of nitro groups is 1. The summed E-state index contributed by atoms with van der Waals surface area (Å²) >= 11 is 0. The molecule has 0 heterocycles. The SMILES string of the molecule is COCCNc1ccc(C(=O)Nc2ccccc2C(=O)OC)cc1[N+](=O)[O-]. The zero-order valence-corrected chi connectivity index (χ0v) is 14.9. The highest BCUT2D eigenvalue weighted by atomic mass is 16.6. The first kappa shape index (κ1) is 19.9. The number of hydrogen-bond donors (Lipinski definition) is 2. The van der Waals surface area contributed by atoms with Gasteiger partial charge in [-0.25, -0.2) is 4.79 Å². The van der Waals surface area contributed by atoms with E-state index in [0.717, 1.165) is 0 Å². The first-order valence-corrected chi connectivity index (χ1v) is 7.98. The molecule has 0 spiro atoms. The van der Waals surface area contributed by atoms with E-state index in [9.17, 15) is 19.7 Å². The van der Waals surface area contributed by atoms with Gasteiger partial charge in [-0.3, -0.25) is 14.9 Å². The van der Waals surface area contributed by atoms with Crippen molar-refractivity contribution in [3.63, 3.8) is 0 Å². The standard InChI is InChI=1S/C18H19N3O6/c1-26-10-9-19-15-8-7-12(11-16(15)21(24)25)17(22)20-14-6-4-3-5-13(14)18(23)27-2/h3-8,11,19H,9-10H2,1-2H3,(H,20,22). The number of ether oxygens (including phenoxy) is 2. The monoisotopic (exact) mass is 373 g/mol. The molecule has 142 valence electrons. The van der Waals surface area contributed by atoms with Crippen molar-refractivity contribution in [3.05, 3.63) is 63.7 Å². The molecule has 1 amide bonds. The lowest BCUT2D eigenvalue weighted by Crippen LogP contribution is -2.16. The zero-order chi connectivity index (χ0) is 19.8. The van der Waals surface area contributed by atoms with Crippen LogP contribution in [-0.2, 0) is 9.47 Å². The Bertz CT molecular complexity index is 853. The van der Waals surface area contributed by atoms with Gasteiger partial charge in [-0.15, -0.1) is 0 Å². The van der Waals surface area contributed by atoms with Gasteiger partial charge < -0.3 is 20.1 Å². The smallest absolute Gasteiger partial charge is 0.339 e. The highest BCUT2D eigenvalue weighted by molar-refractivity contribution is 6.08. The zero-order valence-electron chi connectivity index (χ0n) is 14.9. The summed E-state index contributed by atoms with van der Waals surface area (Å²) < 4.78 is 9.58. The Balaban J connectivity index is 2.26. The molecule has 0 saturated heterocycles. The number of hydrogen-bond acceptors (Lipinski definition) is 7. The summed E-state index contributed by atoms with van der Waals surface area (Å²) in [5.41, 5.74) is 0.558. The number of amides is 1. The van der Waals surface area contributed by atoms with Gasteiger partial charge in [-0.05, 0) is 24.3 Å². The maximum atomic E-state index is 12.5. The van der Waals surface area contributed by atoms with Gasteiger partial charge in [0.1, 0.15) is 5.69 Å². The number of esters is 1. The average molecular weight is 373 g/mol. The van der Waals surface area contributed by atoms with Gasteiger partial charge >= 0.3 is 5.97 Å². The van der Waals surface area contributed by atoms with Crippen molar-refractivity contribution in [1.29, 1.82) is 0 Å². The highest BCUT2D eigenvalue weighted by Crippen LogP contribution is 2.26. The fourth-order valence-corrected chi connectivity index (χ4v) is 2.34. The summed E-state index contributed by atoms with van der Waals surface area (Å²) in [6, 6.07) is 10.4. The van der Waals surface area contributed by atoms with Crippen molar-refractivity contribution in [3.8, 4) is 0 Å². The molecule has 0 aromatic heterocycles. The lowest BCUT2D eigenvalue weighted by Gasteiger charge is -2.11. The van der Waals surface area contributed by atoms with Crippen molar-refractivity contribution in [2.24, 2.45) is 0 Å². The number of benzene rings is 2. The van der Waals surface area contributed by atoms with Gasteiger partial charge in [-0.2, -0.15) is 0 Å². The maximum absolute atomic E-state index is 12.5. The van der Waals surface area contributed by atoms with Gasteiger partial charge in [0.15, 0.2) is 0 Å². The van der Waals surface area contributed by atoms with Gasteiger partial charge in [0, 0.05) is 25.3 Å². The van der Waals surface area contributed by atoms with E-state index in [-0.39, 0.29) is 28.2 Å². The number of methoxy groups -OCH3 is 2. The van der Waals surface area contributed by atoms with E-state index in [1.54, 1.807) is 18.2 Å². The largest absolute Gasteiger partial charge is 0.465 e. The molecule has 0 saturated carbocycles. The predicted octanol–water partition coefficient (Wildman–Crippen LogP) is 2.69. The molecule has 0 fully saturated rings. The second-order valence-electron chi connectivity index (χ2n) is 5.40. The third-order valence-electron chi connectivity index (χ3n) is 3.66. The van der Waals surface area contributed by atoms with Crippen LogP contribution in [0, 0.1) is 10.1 Å². The molecule has 9 heteroatoms. The van der Waals surface area contributed by atoms with Crippen LogP contribution in [0.15, 0.2) is 42.5 Å². The number of carbonyl (C=O) groups excluding carboxylic acids is 2. The van der Waals surface area contributed by atoms with Crippen molar-refractivity contribution in [1.82, 2.24) is 0 Å². The molecule has 0 aliphatic heterocycles. The van der Waals surface area contributed by atoms with E-state index >= 15 is 0 Å². The minimum absolute atomic E-state index is 0.0821. The lowest BCUT2D eigenvalue weighted by molar-refractivity contribution is -0.384. The molecule has 2 aromatic carbocycles. The number of para-hydroxylation sites is 1. The van der Waals surface area contributed by atoms with Crippen molar-refractivity contribution in [2.45, 2.75) is 0 Å². The minimum atomic E-state index is -0.602. The summed E-state index contributed by atoms with van der Waals surface area (Å²) in [4.78, 5) is 35.0. The Morgan fingerprint density at radius 3 is 2.52 bits per heavy atom. The van der Waals surface area contributed by atoms with Crippen LogP contribution in [0.4, 0.5) is 17.1 Å². The number of anilines is 2. The topological polar surface area (TPSA) is 120 Å². The fraction of sp³-hybridized carbons (Fsp3) is 0.222. The van der Waals surface area contributed by atoms with Gasteiger partial charge in [0.05, 0.1) is 29.9 Å². The molecule has 9 nitrogen and oxygen atoms in total. The van der Waals surface area contributed by atoms with Crippen molar-refractivity contribution in [2.75, 3.05) is 38.0 Å². The molecule has 0 unspecified atom stereocenters. The van der Waals surface area contributed by atoms with Crippen LogP contribution in [-0.4, -0.2) is 44.2 Å². The molecule has 2 rings (SSSR count). The van der Waals surface area contributed by atoms with Crippen LogP contribution >= 0.6 is 0 Å². The van der Waals surface area contributed by atoms with E-state index in [4.69, 9.17) is 4.74 Å². The molecule has 0 radical (unpaired) electrons. The van der Waals surface area contributed by atoms with Crippen LogP contribution in [0.2, 0.25) is 0 Å². The van der Waals surface area contributed by atoms with Gasteiger partial charge in [0.25, 0.3) is 11.6 Å². The quantitative estimate of drug-likeness (QED) is 0.316. The van der Waals surface area contributed by atoms with Crippen LogP contribution in [0.1, 0.15) is 20.7 Å². The third kappa shape index (κ3) is 5.02. The Kier molecular flexibility index (Phi) is 6.84. The van der Waals surface area contributed by atoms with E-state index in [1.165, 1.54) is 38.5 Å². The fourth-order valence-electron chi connectivity index (χ4n) is 2.34. The number of nitrogens with one attached hydrogen (secondary N) is 2. The minimum Gasteiger partial charge on any atom is -0.465 e. The first-order chi connectivity index (χ1) is 13.0. The maximum Gasteiger partial charge on any atom is 0.339 e. The lowest BCUT2D eigenvalue weighted by atomic mass is 10.1. The summed E-state index contributed by atoms with van der Waals surface area (Å²) in [6.45, 7) is 0.763. The first-order valence-electron chi connectivity index (χ1n) is 7.98. The molecule has 2 aromatic rings. The van der Waals surface area contributed by atoms with E-state index in [2.05, 4.69) is 15.4 Å². The number of nitro benzene ring substituents is 1. The Labute approximate surface area is 155 Å². The van der Waals surface area contributed by atoms with E-state index in [1.807, 2.05) is 0 Å². The van der Waals surface area contributed by atoms with Crippen LogP contribution < -0.4 is 10.6 Å². The molecule has 0 aliphatic rings. The molecule has 0 aliphatic carbocycles. The van der Waals surface area contributed by atoms with E-state index in [0.29, 0.717) is 13.2 Å². The molecular weight excluding hydrogens is 354 g/mol. The second kappa shape index (κ2) is 9.30. The highest BCUT2D eigenvalue weighted by Gasteiger charge is 2.19. The van der Waals surface area contributed by atoms with Crippen LogP contribution in [0.5, 0.6) is 0 Å². The summed E-state index contributed by atoms with van der Waals surface area (Å²) in [6.07, 6.45) is 0. The van der Waals surface area contributed by atoms with Crippen molar-refractivity contribution < 1.29 is 24.0 Å². The predicted molar refractivity (Wildman–Crippen MR) is 99.2 cm³/mol. The van der Waals surface area contributed by atoms with Crippen LogP contribution in [0.25, 0.3) is 0 Å². The molecule has 27 heavy (non-hydrogen) atoms. The van der Waals surface area contributed by atoms with Gasteiger partial charge in [0.2, 0.25) is 0 Å². The summed E-state index contributed by atoms with van der Waals surface area (Å²) in [5, 5.41) is 16.8. The Hall–Kier alpha value is -3.46. The Morgan fingerprint density at radius 1 is 1.11 bits per heavy atom. The summed E-state index contributed by atoms with van der Waals surface area (Å²) in [7, 11) is 2.76. The number of carbonyl (C=O) groups is 2. The van der Waals surface area contributed by atoms with Gasteiger partial charge in [-0.1, -0.05) is 12.1 Å². The van der Waals surface area contributed by atoms with Crippen LogP contribution in [0.3, 0.4) is 0 Å². The second-order valence-corrected chi connectivity index (χ2v) is 5.40. The number of rotatable bonds is 8. The summed E-state index contributed by atoms with van der Waals surface area (Å²) in [5.74, 6) is -1.19. The van der Waals surface area contributed by atoms with E-state index < -0.39 is 16.8 Å². The molecule has 0 bridgehead atoms. The Morgan fingerprint density at radius 2 is 1.85 bits per heavy atom. The van der Waals surface area contributed by atoms with Crippen molar-refractivity contribution >= 4 is 28.9 Å².